The monoisotopic (exact) mass is 665 g/mol. The largest absolute Gasteiger partial charge is 0.444 e. The van der Waals surface area contributed by atoms with Crippen LogP contribution in [-0.4, -0.2) is 73.4 Å². The van der Waals surface area contributed by atoms with Gasteiger partial charge in [-0.05, 0) is 83.4 Å². The number of alkyl carbamates (subject to hydrolysis) is 1. The van der Waals surface area contributed by atoms with E-state index in [4.69, 9.17) is 16.3 Å². The molecule has 4 rings (SSSR count). The van der Waals surface area contributed by atoms with Gasteiger partial charge in [0.1, 0.15) is 23.2 Å². The summed E-state index contributed by atoms with van der Waals surface area (Å²) in [6.45, 7) is 5.57. The van der Waals surface area contributed by atoms with Crippen LogP contribution in [0.25, 0.3) is 0 Å². The van der Waals surface area contributed by atoms with Gasteiger partial charge in [0.15, 0.2) is 0 Å². The lowest BCUT2D eigenvalue weighted by molar-refractivity contribution is -0.141. The Labute approximate surface area is 270 Å². The van der Waals surface area contributed by atoms with Crippen molar-refractivity contribution in [1.29, 1.82) is 0 Å². The number of amides is 4. The Morgan fingerprint density at radius 2 is 1.82 bits per heavy atom. The molecule has 0 aromatic heterocycles. The van der Waals surface area contributed by atoms with Crippen LogP contribution in [-0.2, 0) is 35.8 Å². The first-order valence-corrected chi connectivity index (χ1v) is 17.4. The number of nitrogens with zero attached hydrogens (tertiary/aromatic N) is 1. The second-order valence-corrected chi connectivity index (χ2v) is 14.9. The van der Waals surface area contributed by atoms with E-state index in [1.807, 2.05) is 12.2 Å². The number of hydrogen-bond donors (Lipinski definition) is 4. The second-order valence-electron chi connectivity index (χ2n) is 12.9. The molecule has 4 amide bonds. The Bertz CT molecular complexity index is 1400. The highest BCUT2D eigenvalue weighted by Gasteiger charge is 2.61. The highest BCUT2D eigenvalue weighted by Crippen LogP contribution is 2.45. The fourth-order valence-electron chi connectivity index (χ4n) is 5.77. The molecule has 1 aromatic carbocycles. The van der Waals surface area contributed by atoms with Crippen molar-refractivity contribution in [2.75, 3.05) is 13.1 Å². The van der Waals surface area contributed by atoms with Crippen LogP contribution in [0, 0.1) is 5.92 Å². The molecular weight excluding hydrogens is 622 g/mol. The summed E-state index contributed by atoms with van der Waals surface area (Å²) < 4.78 is 35.5. The molecule has 1 aliphatic carbocycles. The maximum Gasteiger partial charge on any atom is 0.408 e. The van der Waals surface area contributed by atoms with Crippen LogP contribution in [0.15, 0.2) is 36.4 Å². The number of ether oxygens (including phenoxy) is 1. The first-order chi connectivity index (χ1) is 21.2. The molecular formula is C31H44ClN5O7S. The molecule has 45 heavy (non-hydrogen) atoms. The summed E-state index contributed by atoms with van der Waals surface area (Å²) in [5, 5.41) is 6.08. The highest BCUT2D eigenvalue weighted by molar-refractivity contribution is 7.88. The molecule has 3 aliphatic rings. The van der Waals surface area contributed by atoms with Crippen LogP contribution in [0.3, 0.4) is 0 Å². The number of fused-ring (bicyclic) bond motifs is 2. The SMILES string of the molecule is CC(C)(C)OC(=O)N[C@H]1CCCCC/C=C\[C@@H]2C[C@@]2(C(=O)NS(=O)(=O)NCCc2ccc(Cl)cc2)NC(=O)[C@@H]2CCCN2C1=O. The average molecular weight is 666 g/mol. The number of halogens is 1. The Hall–Kier alpha value is -3.16. The van der Waals surface area contributed by atoms with Crippen molar-refractivity contribution < 1.29 is 32.3 Å². The van der Waals surface area contributed by atoms with Crippen LogP contribution in [0.2, 0.25) is 5.02 Å². The summed E-state index contributed by atoms with van der Waals surface area (Å²) in [4.78, 5) is 54.9. The van der Waals surface area contributed by atoms with Crippen molar-refractivity contribution in [1.82, 2.24) is 25.0 Å². The molecule has 0 radical (unpaired) electrons. The zero-order valence-electron chi connectivity index (χ0n) is 26.1. The van der Waals surface area contributed by atoms with Crippen molar-refractivity contribution in [2.24, 2.45) is 5.92 Å². The predicted octanol–water partition coefficient (Wildman–Crippen LogP) is 3.11. The molecule has 12 nitrogen and oxygen atoms in total. The quantitative estimate of drug-likeness (QED) is 0.325. The van der Waals surface area contributed by atoms with Crippen LogP contribution in [0.4, 0.5) is 4.79 Å². The Kier molecular flexibility index (Phi) is 11.2. The molecule has 14 heteroatoms. The highest BCUT2D eigenvalue weighted by atomic mass is 35.5. The van der Waals surface area contributed by atoms with Crippen LogP contribution >= 0.6 is 11.6 Å². The fraction of sp³-hybridized carbons (Fsp3) is 0.613. The minimum Gasteiger partial charge on any atom is -0.444 e. The molecule has 2 heterocycles. The number of rotatable bonds is 7. The van der Waals surface area contributed by atoms with Crippen molar-refractivity contribution in [2.45, 2.75) is 102 Å². The lowest BCUT2D eigenvalue weighted by Gasteiger charge is -2.30. The summed E-state index contributed by atoms with van der Waals surface area (Å²) in [5.41, 5.74) is -1.35. The number of hydrogen-bond acceptors (Lipinski definition) is 7. The smallest absolute Gasteiger partial charge is 0.408 e. The lowest BCUT2D eigenvalue weighted by Crippen LogP contribution is -2.59. The molecule has 248 valence electrons. The number of carbonyl (C=O) groups excluding carboxylic acids is 4. The van der Waals surface area contributed by atoms with Crippen LogP contribution in [0.1, 0.15) is 77.7 Å². The standard InChI is InChI=1S/C31H44ClN5O7S/c1-30(2,3)44-29(41)34-24-11-8-6-4-5-7-10-22-20-31(22,35-26(38)25-12-9-19-37(25)27(24)39)28(40)36-45(42,43)33-18-17-21-13-15-23(32)16-14-21/h7,10,13-16,22,24-25,33H,4-6,8-9,11-12,17-20H2,1-3H3,(H,34,41)(H,35,38)(H,36,40)/b10-7-/t22-,24+,25+,31-/m1/s1. The third-order valence-electron chi connectivity index (χ3n) is 8.17. The van der Waals surface area contributed by atoms with Gasteiger partial charge in [0, 0.05) is 24.0 Å². The first kappa shape index (κ1) is 34.7. The van der Waals surface area contributed by atoms with E-state index in [0.717, 1.165) is 18.4 Å². The molecule has 4 atom stereocenters. The second kappa shape index (κ2) is 14.5. The molecule has 1 saturated carbocycles. The number of nitrogens with one attached hydrogen (secondary N) is 4. The normalized spacial score (nSPS) is 26.8. The minimum absolute atomic E-state index is 0.0462. The number of benzene rings is 1. The Morgan fingerprint density at radius 3 is 2.53 bits per heavy atom. The maximum absolute atomic E-state index is 13.7. The van der Waals surface area contributed by atoms with Gasteiger partial charge in [0.25, 0.3) is 5.91 Å². The third kappa shape index (κ3) is 9.67. The van der Waals surface area contributed by atoms with E-state index in [2.05, 4.69) is 20.1 Å². The molecule has 4 N–H and O–H groups in total. The summed E-state index contributed by atoms with van der Waals surface area (Å²) in [7, 11) is -4.23. The summed E-state index contributed by atoms with van der Waals surface area (Å²) in [6, 6.07) is 5.26. The minimum atomic E-state index is -4.23. The van der Waals surface area contributed by atoms with Gasteiger partial charge in [-0.15, -0.1) is 0 Å². The zero-order valence-corrected chi connectivity index (χ0v) is 27.6. The van der Waals surface area contributed by atoms with Gasteiger partial charge in [-0.1, -0.05) is 48.7 Å². The average Bonchev–Trinajstić information content (AvgIpc) is 3.40. The molecule has 0 unspecified atom stereocenters. The van der Waals surface area contributed by atoms with Gasteiger partial charge < -0.3 is 20.3 Å². The molecule has 1 aromatic rings. The lowest BCUT2D eigenvalue weighted by atomic mass is 10.0. The van der Waals surface area contributed by atoms with E-state index >= 15 is 0 Å². The summed E-state index contributed by atoms with van der Waals surface area (Å²) in [5.74, 6) is -2.16. The van der Waals surface area contributed by atoms with Gasteiger partial charge in [-0.3, -0.25) is 14.4 Å². The fourth-order valence-corrected chi connectivity index (χ4v) is 6.77. The van der Waals surface area contributed by atoms with E-state index in [1.54, 1.807) is 45.0 Å². The van der Waals surface area contributed by atoms with Gasteiger partial charge in [0.05, 0.1) is 0 Å². The van der Waals surface area contributed by atoms with E-state index in [9.17, 15) is 27.6 Å². The molecule has 0 spiro atoms. The van der Waals surface area contributed by atoms with E-state index in [1.165, 1.54) is 4.90 Å². The zero-order chi connectivity index (χ0) is 32.8. The van der Waals surface area contributed by atoms with E-state index in [-0.39, 0.29) is 18.9 Å². The van der Waals surface area contributed by atoms with Crippen molar-refractivity contribution in [3.8, 4) is 0 Å². The third-order valence-corrected chi connectivity index (χ3v) is 9.46. The Balaban J connectivity index is 1.47. The van der Waals surface area contributed by atoms with Crippen LogP contribution < -0.4 is 20.1 Å². The van der Waals surface area contributed by atoms with Crippen molar-refractivity contribution in [3.63, 3.8) is 0 Å². The van der Waals surface area contributed by atoms with E-state index < -0.39 is 57.3 Å². The maximum atomic E-state index is 13.7. The van der Waals surface area contributed by atoms with Gasteiger partial charge in [-0.25, -0.2) is 9.52 Å². The Morgan fingerprint density at radius 1 is 1.09 bits per heavy atom. The predicted molar refractivity (Wildman–Crippen MR) is 169 cm³/mol. The van der Waals surface area contributed by atoms with Crippen molar-refractivity contribution in [3.05, 3.63) is 47.0 Å². The first-order valence-electron chi connectivity index (χ1n) is 15.5. The topological polar surface area (TPSA) is 163 Å². The molecule has 0 bridgehead atoms. The van der Waals surface area contributed by atoms with Crippen LogP contribution in [0.5, 0.6) is 0 Å². The van der Waals surface area contributed by atoms with Gasteiger partial charge >= 0.3 is 16.3 Å². The summed E-state index contributed by atoms with van der Waals surface area (Å²) >= 11 is 5.91. The van der Waals surface area contributed by atoms with Gasteiger partial charge in [-0.2, -0.15) is 13.1 Å². The molecule has 2 aliphatic heterocycles. The molecule has 2 fully saturated rings. The molecule has 1 saturated heterocycles. The number of carbonyl (C=O) groups is 4. The summed E-state index contributed by atoms with van der Waals surface area (Å²) in [6.07, 6.45) is 8.05. The van der Waals surface area contributed by atoms with E-state index in [0.29, 0.717) is 50.1 Å². The van der Waals surface area contributed by atoms with Crippen molar-refractivity contribution >= 4 is 45.6 Å². The number of allylic oxidation sites excluding steroid dienone is 1. The van der Waals surface area contributed by atoms with Gasteiger partial charge in [0.2, 0.25) is 11.8 Å².